The summed E-state index contributed by atoms with van der Waals surface area (Å²) in [6.45, 7) is 1.55. The summed E-state index contributed by atoms with van der Waals surface area (Å²) < 4.78 is 0. The van der Waals surface area contributed by atoms with Gasteiger partial charge in [0.2, 0.25) is 5.91 Å². The number of nitrogens with one attached hydrogen (secondary N) is 1. The molecule has 0 spiro atoms. The van der Waals surface area contributed by atoms with Crippen molar-refractivity contribution in [1.29, 1.82) is 0 Å². The third-order valence-corrected chi connectivity index (χ3v) is 2.54. The van der Waals surface area contributed by atoms with E-state index in [1.807, 2.05) is 0 Å². The van der Waals surface area contributed by atoms with Gasteiger partial charge in [0.15, 0.2) is 5.69 Å². The molecule has 0 aromatic carbocycles. The number of rotatable bonds is 2. The summed E-state index contributed by atoms with van der Waals surface area (Å²) in [7, 11) is 0. The number of carbonyl (C=O) groups is 2. The Balaban J connectivity index is 2.23. The average Bonchev–Trinajstić information content (AvgIpc) is 2.54. The van der Waals surface area contributed by atoms with E-state index in [-0.39, 0.29) is 18.1 Å². The van der Waals surface area contributed by atoms with Gasteiger partial charge >= 0.3 is 5.97 Å². The number of amides is 1. The summed E-state index contributed by atoms with van der Waals surface area (Å²) in [4.78, 5) is 28.0. The van der Waals surface area contributed by atoms with E-state index in [0.717, 1.165) is 6.42 Å². The van der Waals surface area contributed by atoms with Gasteiger partial charge in [-0.25, -0.2) is 9.78 Å². The van der Waals surface area contributed by atoms with Gasteiger partial charge in [0.05, 0.1) is 6.54 Å². The highest BCUT2D eigenvalue weighted by Crippen LogP contribution is 2.12. The van der Waals surface area contributed by atoms with Gasteiger partial charge < -0.3 is 15.3 Å². The zero-order valence-electron chi connectivity index (χ0n) is 9.22. The van der Waals surface area contributed by atoms with Crippen LogP contribution >= 0.6 is 0 Å². The minimum atomic E-state index is -1.06. The molecule has 90 valence electrons. The largest absolute Gasteiger partial charge is 0.477 e. The third kappa shape index (κ3) is 2.72. The lowest BCUT2D eigenvalue weighted by atomic mass is 10.3. The van der Waals surface area contributed by atoms with Crippen LogP contribution in [0.15, 0.2) is 18.2 Å². The van der Waals surface area contributed by atoms with Gasteiger partial charge in [0.25, 0.3) is 0 Å². The quantitative estimate of drug-likeness (QED) is 0.760. The van der Waals surface area contributed by atoms with Gasteiger partial charge in [0.1, 0.15) is 5.82 Å². The normalized spacial score (nSPS) is 16.2. The highest BCUT2D eigenvalue weighted by atomic mass is 16.4. The average molecular weight is 235 g/mol. The van der Waals surface area contributed by atoms with Crippen molar-refractivity contribution in [2.24, 2.45) is 0 Å². The lowest BCUT2D eigenvalue weighted by Crippen LogP contribution is -2.33. The van der Waals surface area contributed by atoms with Gasteiger partial charge in [-0.15, -0.1) is 0 Å². The Labute approximate surface area is 98.3 Å². The summed E-state index contributed by atoms with van der Waals surface area (Å²) >= 11 is 0. The van der Waals surface area contributed by atoms with E-state index in [9.17, 15) is 9.59 Å². The van der Waals surface area contributed by atoms with Gasteiger partial charge in [0, 0.05) is 13.1 Å². The third-order valence-electron chi connectivity index (χ3n) is 2.54. The molecule has 0 radical (unpaired) electrons. The van der Waals surface area contributed by atoms with E-state index < -0.39 is 5.97 Å². The van der Waals surface area contributed by atoms with Crippen LogP contribution in [-0.2, 0) is 4.79 Å². The second-order valence-electron chi connectivity index (χ2n) is 3.81. The molecule has 0 saturated carbocycles. The molecule has 6 nitrogen and oxygen atoms in total. The van der Waals surface area contributed by atoms with Crippen molar-refractivity contribution < 1.29 is 14.7 Å². The highest BCUT2D eigenvalue weighted by molar-refractivity contribution is 5.86. The number of hydrogen-bond acceptors (Lipinski definition) is 4. The topological polar surface area (TPSA) is 82.5 Å². The summed E-state index contributed by atoms with van der Waals surface area (Å²) in [6.07, 6.45) is 0.824. The molecular weight excluding hydrogens is 222 g/mol. The van der Waals surface area contributed by atoms with Crippen molar-refractivity contribution in [1.82, 2.24) is 10.3 Å². The van der Waals surface area contributed by atoms with Crippen LogP contribution in [0.5, 0.6) is 0 Å². The molecule has 0 atom stereocenters. The molecule has 1 amide bonds. The molecule has 1 aliphatic rings. The van der Waals surface area contributed by atoms with Crippen molar-refractivity contribution in [2.75, 3.05) is 24.5 Å². The monoisotopic (exact) mass is 235 g/mol. The van der Waals surface area contributed by atoms with Crippen LogP contribution < -0.4 is 10.2 Å². The van der Waals surface area contributed by atoms with Crippen LogP contribution in [0.2, 0.25) is 0 Å². The maximum Gasteiger partial charge on any atom is 0.354 e. The first-order valence-corrected chi connectivity index (χ1v) is 5.39. The van der Waals surface area contributed by atoms with Crippen LogP contribution in [0.25, 0.3) is 0 Å². The summed E-state index contributed by atoms with van der Waals surface area (Å²) in [5, 5.41) is 11.6. The van der Waals surface area contributed by atoms with Gasteiger partial charge in [-0.2, -0.15) is 0 Å². The molecule has 6 heteroatoms. The Morgan fingerprint density at radius 2 is 2.29 bits per heavy atom. The van der Waals surface area contributed by atoms with Crippen LogP contribution in [0.3, 0.4) is 0 Å². The SMILES string of the molecule is O=C1CN(c2cccc(C(=O)O)n2)CCCN1. The maximum atomic E-state index is 11.4. The zero-order chi connectivity index (χ0) is 12.3. The van der Waals surface area contributed by atoms with Crippen LogP contribution in [0.1, 0.15) is 16.9 Å². The van der Waals surface area contributed by atoms with Gasteiger partial charge in [-0.3, -0.25) is 4.79 Å². The van der Waals surface area contributed by atoms with Gasteiger partial charge in [-0.05, 0) is 18.6 Å². The number of anilines is 1. The van der Waals surface area contributed by atoms with E-state index in [0.29, 0.717) is 18.9 Å². The van der Waals surface area contributed by atoms with Gasteiger partial charge in [-0.1, -0.05) is 6.07 Å². The van der Waals surface area contributed by atoms with Crippen molar-refractivity contribution >= 4 is 17.7 Å². The Hall–Kier alpha value is -2.11. The second kappa shape index (κ2) is 4.82. The molecule has 17 heavy (non-hydrogen) atoms. The van der Waals surface area contributed by atoms with Crippen LogP contribution in [0, 0.1) is 0 Å². The van der Waals surface area contributed by atoms with Crippen molar-refractivity contribution in [2.45, 2.75) is 6.42 Å². The van der Waals surface area contributed by atoms with Crippen molar-refractivity contribution in [3.8, 4) is 0 Å². The van der Waals surface area contributed by atoms with E-state index in [4.69, 9.17) is 5.11 Å². The molecule has 1 aromatic heterocycles. The Morgan fingerprint density at radius 1 is 1.47 bits per heavy atom. The number of carboxylic acid groups (broad SMARTS) is 1. The smallest absolute Gasteiger partial charge is 0.354 e. The predicted molar refractivity (Wildman–Crippen MR) is 61.0 cm³/mol. The summed E-state index contributed by atoms with van der Waals surface area (Å²) in [6, 6.07) is 4.78. The number of aromatic carboxylic acids is 1. The van der Waals surface area contributed by atoms with Crippen LogP contribution in [0.4, 0.5) is 5.82 Å². The number of carbonyl (C=O) groups excluding carboxylic acids is 1. The molecule has 0 bridgehead atoms. The molecule has 2 rings (SSSR count). The fraction of sp³-hybridized carbons (Fsp3) is 0.364. The highest BCUT2D eigenvalue weighted by Gasteiger charge is 2.17. The first kappa shape index (κ1) is 11.4. The predicted octanol–water partition coefficient (Wildman–Crippen LogP) is 0.106. The minimum absolute atomic E-state index is 0.00726. The molecule has 1 aromatic rings. The molecule has 2 heterocycles. The lowest BCUT2D eigenvalue weighted by molar-refractivity contribution is -0.119. The number of pyridine rings is 1. The Bertz CT molecular complexity index is 447. The molecule has 1 aliphatic heterocycles. The summed E-state index contributed by atoms with van der Waals surface area (Å²) in [5.74, 6) is -0.599. The first-order chi connectivity index (χ1) is 8.16. The Kier molecular flexibility index (Phi) is 3.22. The zero-order valence-corrected chi connectivity index (χ0v) is 9.22. The van der Waals surface area contributed by atoms with Crippen molar-refractivity contribution in [3.05, 3.63) is 23.9 Å². The Morgan fingerprint density at radius 3 is 3.06 bits per heavy atom. The minimum Gasteiger partial charge on any atom is -0.477 e. The van der Waals surface area contributed by atoms with E-state index >= 15 is 0 Å². The molecule has 0 aliphatic carbocycles. The number of aromatic nitrogens is 1. The fourth-order valence-electron chi connectivity index (χ4n) is 1.72. The first-order valence-electron chi connectivity index (χ1n) is 5.39. The standard InChI is InChI=1S/C11H13N3O3/c15-10-7-14(6-2-5-12-10)9-4-1-3-8(13-9)11(16)17/h1,3-4H,2,5-7H2,(H,12,15)(H,16,17). The number of carboxylic acids is 1. The van der Waals surface area contributed by atoms with Crippen LogP contribution in [-0.4, -0.2) is 41.6 Å². The van der Waals surface area contributed by atoms with Crippen molar-refractivity contribution in [3.63, 3.8) is 0 Å². The fourth-order valence-corrected chi connectivity index (χ4v) is 1.72. The second-order valence-corrected chi connectivity index (χ2v) is 3.81. The lowest BCUT2D eigenvalue weighted by Gasteiger charge is -2.19. The molecule has 1 saturated heterocycles. The number of hydrogen-bond donors (Lipinski definition) is 2. The van der Waals surface area contributed by atoms with E-state index in [2.05, 4.69) is 10.3 Å². The molecule has 0 unspecified atom stereocenters. The maximum absolute atomic E-state index is 11.4. The summed E-state index contributed by atoms with van der Waals surface area (Å²) in [5.41, 5.74) is -0.00726. The van der Waals surface area contributed by atoms with E-state index in [1.54, 1.807) is 17.0 Å². The molecule has 1 fully saturated rings. The number of nitrogens with zero attached hydrogens (tertiary/aromatic N) is 2. The van der Waals surface area contributed by atoms with E-state index in [1.165, 1.54) is 6.07 Å². The molecular formula is C11H13N3O3. The molecule has 2 N–H and O–H groups in total.